The number of carbonyl (C=O) groups excluding carboxylic acids is 1. The standard InChI is InChI=1S/C19H18N2O/c1-14(2)16-6-8-17(9-7-16)19(22)10-11-21-18-5-3-4-15(12-18)13-20/h3-12,14,21H,1-2H3/b11-10+. The molecule has 0 saturated carbocycles. The lowest BCUT2D eigenvalue weighted by molar-refractivity contribution is 0.104. The van der Waals surface area contributed by atoms with Gasteiger partial charge in [0.2, 0.25) is 0 Å². The predicted octanol–water partition coefficient (Wildman–Crippen LogP) is 4.49. The lowest BCUT2D eigenvalue weighted by atomic mass is 10.0. The first-order chi connectivity index (χ1) is 10.6. The summed E-state index contributed by atoms with van der Waals surface area (Å²) >= 11 is 0. The van der Waals surface area contributed by atoms with E-state index in [2.05, 4.69) is 25.2 Å². The van der Waals surface area contributed by atoms with Crippen LogP contribution in [0.4, 0.5) is 5.69 Å². The molecule has 0 fully saturated rings. The van der Waals surface area contributed by atoms with E-state index in [1.807, 2.05) is 30.3 Å². The van der Waals surface area contributed by atoms with Gasteiger partial charge in [0.15, 0.2) is 5.78 Å². The van der Waals surface area contributed by atoms with Crippen molar-refractivity contribution in [2.45, 2.75) is 19.8 Å². The lowest BCUT2D eigenvalue weighted by Crippen LogP contribution is -1.97. The van der Waals surface area contributed by atoms with Gasteiger partial charge in [-0.3, -0.25) is 4.79 Å². The quantitative estimate of drug-likeness (QED) is 0.652. The fraction of sp³-hybridized carbons (Fsp3) is 0.158. The largest absolute Gasteiger partial charge is 0.362 e. The third-order valence-corrected chi connectivity index (χ3v) is 3.34. The molecule has 1 N–H and O–H groups in total. The minimum Gasteiger partial charge on any atom is -0.362 e. The average molecular weight is 290 g/mol. The van der Waals surface area contributed by atoms with Crippen molar-refractivity contribution in [2.24, 2.45) is 0 Å². The minimum absolute atomic E-state index is 0.0563. The van der Waals surface area contributed by atoms with Gasteiger partial charge in [-0.15, -0.1) is 0 Å². The summed E-state index contributed by atoms with van der Waals surface area (Å²) in [7, 11) is 0. The number of allylic oxidation sites excluding steroid dienone is 1. The van der Waals surface area contributed by atoms with E-state index < -0.39 is 0 Å². The van der Waals surface area contributed by atoms with Crippen molar-refractivity contribution in [1.29, 1.82) is 5.26 Å². The smallest absolute Gasteiger partial charge is 0.187 e. The van der Waals surface area contributed by atoms with E-state index in [9.17, 15) is 4.79 Å². The van der Waals surface area contributed by atoms with Crippen LogP contribution in [0.2, 0.25) is 0 Å². The molecule has 0 spiro atoms. The molecule has 22 heavy (non-hydrogen) atoms. The van der Waals surface area contributed by atoms with Gasteiger partial charge in [-0.25, -0.2) is 0 Å². The molecule has 0 radical (unpaired) electrons. The Morgan fingerprint density at radius 2 is 1.91 bits per heavy atom. The zero-order valence-corrected chi connectivity index (χ0v) is 12.7. The van der Waals surface area contributed by atoms with Crippen molar-refractivity contribution >= 4 is 11.5 Å². The molecule has 0 amide bonds. The average Bonchev–Trinajstić information content (AvgIpc) is 2.55. The van der Waals surface area contributed by atoms with E-state index in [1.54, 1.807) is 24.4 Å². The molecule has 2 aromatic rings. The summed E-state index contributed by atoms with van der Waals surface area (Å²) in [5.41, 5.74) is 3.23. The third-order valence-electron chi connectivity index (χ3n) is 3.34. The minimum atomic E-state index is -0.0563. The Morgan fingerprint density at radius 3 is 2.55 bits per heavy atom. The highest BCUT2D eigenvalue weighted by molar-refractivity contribution is 6.04. The molecule has 2 rings (SSSR count). The van der Waals surface area contributed by atoms with E-state index in [4.69, 9.17) is 5.26 Å². The van der Waals surface area contributed by atoms with Crippen LogP contribution in [0.25, 0.3) is 0 Å². The number of rotatable bonds is 5. The van der Waals surface area contributed by atoms with E-state index in [1.165, 1.54) is 11.6 Å². The maximum atomic E-state index is 12.1. The summed E-state index contributed by atoms with van der Waals surface area (Å²) in [6.45, 7) is 4.24. The molecule has 0 atom stereocenters. The van der Waals surface area contributed by atoms with Crippen molar-refractivity contribution in [2.75, 3.05) is 5.32 Å². The zero-order chi connectivity index (χ0) is 15.9. The van der Waals surface area contributed by atoms with Gasteiger partial charge in [0.25, 0.3) is 0 Å². The molecule has 2 aromatic carbocycles. The Kier molecular flexibility index (Phi) is 5.11. The van der Waals surface area contributed by atoms with Crippen LogP contribution in [0.1, 0.15) is 41.3 Å². The van der Waals surface area contributed by atoms with Gasteiger partial charge in [0, 0.05) is 23.5 Å². The molecule has 0 aliphatic rings. The van der Waals surface area contributed by atoms with Gasteiger partial charge < -0.3 is 5.32 Å². The second-order valence-corrected chi connectivity index (χ2v) is 5.31. The first kappa shape index (κ1) is 15.5. The first-order valence-corrected chi connectivity index (χ1v) is 7.17. The van der Waals surface area contributed by atoms with Crippen LogP contribution in [0, 0.1) is 11.3 Å². The Balaban J connectivity index is 2.00. The molecule has 3 heteroatoms. The Morgan fingerprint density at radius 1 is 1.18 bits per heavy atom. The van der Waals surface area contributed by atoms with Crippen LogP contribution in [0.15, 0.2) is 60.8 Å². The van der Waals surface area contributed by atoms with E-state index >= 15 is 0 Å². The fourth-order valence-electron chi connectivity index (χ4n) is 2.02. The maximum absolute atomic E-state index is 12.1. The number of nitriles is 1. The molecule has 3 nitrogen and oxygen atoms in total. The molecule has 0 heterocycles. The molecule has 0 bridgehead atoms. The second kappa shape index (κ2) is 7.24. The van der Waals surface area contributed by atoms with Crippen molar-refractivity contribution in [3.8, 4) is 6.07 Å². The Labute approximate surface area is 130 Å². The molecule has 0 saturated heterocycles. The van der Waals surface area contributed by atoms with E-state index in [-0.39, 0.29) is 5.78 Å². The number of ketones is 1. The van der Waals surface area contributed by atoms with Crippen LogP contribution in [-0.4, -0.2) is 5.78 Å². The molecular weight excluding hydrogens is 272 g/mol. The highest BCUT2D eigenvalue weighted by atomic mass is 16.1. The molecule has 0 aromatic heterocycles. The molecule has 110 valence electrons. The first-order valence-electron chi connectivity index (χ1n) is 7.17. The molecule has 0 unspecified atom stereocenters. The van der Waals surface area contributed by atoms with Gasteiger partial charge in [-0.1, -0.05) is 44.2 Å². The molecular formula is C19H18N2O. The van der Waals surface area contributed by atoms with Crippen molar-refractivity contribution in [1.82, 2.24) is 0 Å². The summed E-state index contributed by atoms with van der Waals surface area (Å²) in [4.78, 5) is 12.1. The van der Waals surface area contributed by atoms with Gasteiger partial charge >= 0.3 is 0 Å². The van der Waals surface area contributed by atoms with Crippen molar-refractivity contribution in [3.63, 3.8) is 0 Å². The number of nitrogens with zero attached hydrogens (tertiary/aromatic N) is 1. The van der Waals surface area contributed by atoms with Crippen LogP contribution in [-0.2, 0) is 0 Å². The molecule has 0 aliphatic heterocycles. The van der Waals surface area contributed by atoms with Crippen molar-refractivity contribution < 1.29 is 4.79 Å². The second-order valence-electron chi connectivity index (χ2n) is 5.31. The normalized spacial score (nSPS) is 10.6. The zero-order valence-electron chi connectivity index (χ0n) is 12.7. The fourth-order valence-corrected chi connectivity index (χ4v) is 2.02. The van der Waals surface area contributed by atoms with Gasteiger partial charge in [0.1, 0.15) is 0 Å². The number of carbonyl (C=O) groups is 1. The molecule has 0 aliphatic carbocycles. The van der Waals surface area contributed by atoms with Crippen LogP contribution < -0.4 is 5.32 Å². The van der Waals surface area contributed by atoms with Gasteiger partial charge in [-0.2, -0.15) is 5.26 Å². The van der Waals surface area contributed by atoms with E-state index in [0.717, 1.165) is 5.69 Å². The summed E-state index contributed by atoms with van der Waals surface area (Å²) in [6, 6.07) is 16.8. The summed E-state index contributed by atoms with van der Waals surface area (Å²) < 4.78 is 0. The number of nitrogens with one attached hydrogen (secondary N) is 1. The number of benzene rings is 2. The lowest BCUT2D eigenvalue weighted by Gasteiger charge is -2.05. The number of anilines is 1. The van der Waals surface area contributed by atoms with Crippen LogP contribution in [0.5, 0.6) is 0 Å². The Hall–Kier alpha value is -2.86. The van der Waals surface area contributed by atoms with Crippen molar-refractivity contribution in [3.05, 3.63) is 77.5 Å². The maximum Gasteiger partial charge on any atom is 0.187 e. The Bertz CT molecular complexity index is 722. The monoisotopic (exact) mass is 290 g/mol. The highest BCUT2D eigenvalue weighted by Crippen LogP contribution is 2.15. The highest BCUT2D eigenvalue weighted by Gasteiger charge is 2.03. The van der Waals surface area contributed by atoms with Gasteiger partial charge in [0.05, 0.1) is 11.6 Å². The summed E-state index contributed by atoms with van der Waals surface area (Å²) in [5.74, 6) is 0.396. The van der Waals surface area contributed by atoms with Crippen LogP contribution >= 0.6 is 0 Å². The third kappa shape index (κ3) is 4.07. The summed E-state index contributed by atoms with van der Waals surface area (Å²) in [5, 5.41) is 11.8. The van der Waals surface area contributed by atoms with Gasteiger partial charge in [-0.05, 0) is 29.7 Å². The van der Waals surface area contributed by atoms with Crippen LogP contribution in [0.3, 0.4) is 0 Å². The summed E-state index contributed by atoms with van der Waals surface area (Å²) in [6.07, 6.45) is 3.08. The number of hydrogen-bond acceptors (Lipinski definition) is 3. The van der Waals surface area contributed by atoms with E-state index in [0.29, 0.717) is 17.0 Å². The predicted molar refractivity (Wildman–Crippen MR) is 88.8 cm³/mol. The SMILES string of the molecule is CC(C)c1ccc(C(=O)/C=C/Nc2cccc(C#N)c2)cc1. The topological polar surface area (TPSA) is 52.9 Å². The number of hydrogen-bond donors (Lipinski definition) is 1.